The zero-order valence-electron chi connectivity index (χ0n) is 11.8. The fourth-order valence-corrected chi connectivity index (χ4v) is 3.16. The normalized spacial score (nSPS) is 27.1. The van der Waals surface area contributed by atoms with Crippen LogP contribution in [0.5, 0.6) is 0 Å². The second-order valence-electron chi connectivity index (χ2n) is 5.91. The largest absolute Gasteiger partial charge is 0.343 e. The monoisotopic (exact) mass is 253 g/mol. The number of carbonyl (C=O) groups is 1. The third kappa shape index (κ3) is 3.69. The first-order chi connectivity index (χ1) is 8.66. The van der Waals surface area contributed by atoms with E-state index in [1.54, 1.807) is 0 Å². The predicted octanol–water partition coefficient (Wildman–Crippen LogP) is 1.07. The molecule has 0 aromatic heterocycles. The number of likely N-dealkylation sites (N-methyl/N-ethyl adjacent to an activating group) is 1. The first-order valence-corrected chi connectivity index (χ1v) is 7.34. The van der Waals surface area contributed by atoms with Gasteiger partial charge in [-0.2, -0.15) is 0 Å². The van der Waals surface area contributed by atoms with Gasteiger partial charge in [0.2, 0.25) is 5.91 Å². The highest BCUT2D eigenvalue weighted by atomic mass is 16.2. The molecule has 0 aromatic rings. The summed E-state index contributed by atoms with van der Waals surface area (Å²) in [4.78, 5) is 16.6. The van der Waals surface area contributed by atoms with Gasteiger partial charge in [0, 0.05) is 45.2 Å². The van der Waals surface area contributed by atoms with Gasteiger partial charge in [0.25, 0.3) is 0 Å². The Bertz CT molecular complexity index is 276. The van der Waals surface area contributed by atoms with Crippen LogP contribution in [0, 0.1) is 0 Å². The molecule has 18 heavy (non-hydrogen) atoms. The molecule has 2 aliphatic rings. The highest BCUT2D eigenvalue weighted by Gasteiger charge is 2.25. The molecule has 0 bridgehead atoms. The third-order valence-electron chi connectivity index (χ3n) is 4.40. The lowest BCUT2D eigenvalue weighted by molar-refractivity contribution is -0.133. The SMILES string of the molecule is CN1CCNC(CC(=O)N(C)C2CCCCC2)C1. The molecule has 1 heterocycles. The van der Waals surface area contributed by atoms with Crippen LogP contribution < -0.4 is 5.32 Å². The van der Waals surface area contributed by atoms with E-state index in [0.29, 0.717) is 24.4 Å². The molecule has 0 aromatic carbocycles. The fraction of sp³-hybridized carbons (Fsp3) is 0.929. The van der Waals surface area contributed by atoms with Gasteiger partial charge in [-0.1, -0.05) is 19.3 Å². The molecule has 1 atom stereocenters. The lowest BCUT2D eigenvalue weighted by Gasteiger charge is -2.34. The molecule has 1 aliphatic carbocycles. The second kappa shape index (κ2) is 6.53. The Kier molecular flexibility index (Phi) is 5.01. The van der Waals surface area contributed by atoms with Gasteiger partial charge < -0.3 is 15.1 Å². The summed E-state index contributed by atoms with van der Waals surface area (Å²) in [5.74, 6) is 0.315. The number of rotatable bonds is 3. The Morgan fingerprint density at radius 2 is 2.06 bits per heavy atom. The Morgan fingerprint density at radius 1 is 1.33 bits per heavy atom. The van der Waals surface area contributed by atoms with Gasteiger partial charge in [-0.3, -0.25) is 4.79 Å². The van der Waals surface area contributed by atoms with E-state index < -0.39 is 0 Å². The van der Waals surface area contributed by atoms with Crippen molar-refractivity contribution in [3.63, 3.8) is 0 Å². The minimum atomic E-state index is 0.315. The number of hydrogen-bond acceptors (Lipinski definition) is 3. The lowest BCUT2D eigenvalue weighted by Crippen LogP contribution is -2.51. The molecule has 1 saturated carbocycles. The Balaban J connectivity index is 1.79. The smallest absolute Gasteiger partial charge is 0.224 e. The molecule has 4 heteroatoms. The summed E-state index contributed by atoms with van der Waals surface area (Å²) in [7, 11) is 4.12. The van der Waals surface area contributed by atoms with E-state index in [1.165, 1.54) is 32.1 Å². The lowest BCUT2D eigenvalue weighted by atomic mass is 9.94. The number of nitrogens with zero attached hydrogens (tertiary/aromatic N) is 2. The van der Waals surface area contributed by atoms with Gasteiger partial charge in [-0.25, -0.2) is 0 Å². The number of piperazine rings is 1. The van der Waals surface area contributed by atoms with Crippen LogP contribution in [-0.4, -0.2) is 61.5 Å². The second-order valence-corrected chi connectivity index (χ2v) is 5.91. The topological polar surface area (TPSA) is 35.6 Å². The van der Waals surface area contributed by atoms with Crippen molar-refractivity contribution < 1.29 is 4.79 Å². The maximum absolute atomic E-state index is 12.3. The van der Waals surface area contributed by atoms with Gasteiger partial charge in [-0.05, 0) is 19.9 Å². The summed E-state index contributed by atoms with van der Waals surface area (Å²) in [6, 6.07) is 0.829. The minimum absolute atomic E-state index is 0.315. The zero-order valence-corrected chi connectivity index (χ0v) is 11.8. The van der Waals surface area contributed by atoms with Crippen molar-refractivity contribution in [3.05, 3.63) is 0 Å². The molecule has 2 fully saturated rings. The third-order valence-corrected chi connectivity index (χ3v) is 4.40. The van der Waals surface area contributed by atoms with E-state index >= 15 is 0 Å². The van der Waals surface area contributed by atoms with Gasteiger partial charge in [0.05, 0.1) is 0 Å². The maximum atomic E-state index is 12.3. The molecule has 1 amide bonds. The van der Waals surface area contributed by atoms with Crippen molar-refractivity contribution in [2.75, 3.05) is 33.7 Å². The summed E-state index contributed by atoms with van der Waals surface area (Å²) < 4.78 is 0. The Hall–Kier alpha value is -0.610. The summed E-state index contributed by atoms with van der Waals surface area (Å²) in [5, 5.41) is 3.45. The van der Waals surface area contributed by atoms with E-state index in [-0.39, 0.29) is 0 Å². The molecule has 4 nitrogen and oxygen atoms in total. The average Bonchev–Trinajstić information content (AvgIpc) is 2.39. The van der Waals surface area contributed by atoms with Crippen LogP contribution in [0.3, 0.4) is 0 Å². The molecule has 1 N–H and O–H groups in total. The van der Waals surface area contributed by atoms with Crippen LogP contribution >= 0.6 is 0 Å². The van der Waals surface area contributed by atoms with Crippen molar-refractivity contribution in [3.8, 4) is 0 Å². The number of carbonyl (C=O) groups excluding carboxylic acids is 1. The van der Waals surface area contributed by atoms with Gasteiger partial charge in [0.15, 0.2) is 0 Å². The fourth-order valence-electron chi connectivity index (χ4n) is 3.16. The van der Waals surface area contributed by atoms with E-state index in [1.807, 2.05) is 11.9 Å². The van der Waals surface area contributed by atoms with Crippen LogP contribution in [0.1, 0.15) is 38.5 Å². The van der Waals surface area contributed by atoms with Crippen molar-refractivity contribution >= 4 is 5.91 Å². The van der Waals surface area contributed by atoms with Crippen LogP contribution in [0.2, 0.25) is 0 Å². The zero-order chi connectivity index (χ0) is 13.0. The van der Waals surface area contributed by atoms with Gasteiger partial charge in [0.1, 0.15) is 0 Å². The molecule has 1 saturated heterocycles. The van der Waals surface area contributed by atoms with Crippen LogP contribution in [0.4, 0.5) is 0 Å². The molecule has 104 valence electrons. The number of nitrogens with one attached hydrogen (secondary N) is 1. The first-order valence-electron chi connectivity index (χ1n) is 7.34. The maximum Gasteiger partial charge on any atom is 0.224 e. The van der Waals surface area contributed by atoms with E-state index in [9.17, 15) is 4.79 Å². The molecular weight excluding hydrogens is 226 g/mol. The summed E-state index contributed by atoms with van der Waals surface area (Å²) >= 11 is 0. The molecular formula is C14H27N3O. The predicted molar refractivity (Wildman–Crippen MR) is 73.5 cm³/mol. The van der Waals surface area contributed by atoms with Crippen molar-refractivity contribution in [2.24, 2.45) is 0 Å². The molecule has 1 unspecified atom stereocenters. The van der Waals surface area contributed by atoms with E-state index in [0.717, 1.165) is 19.6 Å². The van der Waals surface area contributed by atoms with Crippen LogP contribution in [0.25, 0.3) is 0 Å². The van der Waals surface area contributed by atoms with Crippen LogP contribution in [-0.2, 0) is 4.79 Å². The summed E-state index contributed by atoms with van der Waals surface area (Å²) in [5.41, 5.74) is 0. The standard InChI is InChI=1S/C14H27N3O/c1-16-9-8-15-12(11-16)10-14(18)17(2)13-6-4-3-5-7-13/h12-13,15H,3-11H2,1-2H3. The van der Waals surface area contributed by atoms with Crippen molar-refractivity contribution in [1.82, 2.24) is 15.1 Å². The molecule has 1 aliphatic heterocycles. The highest BCUT2D eigenvalue weighted by Crippen LogP contribution is 2.22. The quantitative estimate of drug-likeness (QED) is 0.817. The van der Waals surface area contributed by atoms with Crippen molar-refractivity contribution in [1.29, 1.82) is 0 Å². The number of amides is 1. The summed E-state index contributed by atoms with van der Waals surface area (Å²) in [6.45, 7) is 3.08. The minimum Gasteiger partial charge on any atom is -0.343 e. The first kappa shape index (κ1) is 13.8. The molecule has 0 radical (unpaired) electrons. The molecule has 0 spiro atoms. The van der Waals surface area contributed by atoms with E-state index in [2.05, 4.69) is 17.3 Å². The highest BCUT2D eigenvalue weighted by molar-refractivity contribution is 5.77. The Labute approximate surface area is 111 Å². The number of hydrogen-bond donors (Lipinski definition) is 1. The average molecular weight is 253 g/mol. The van der Waals surface area contributed by atoms with Gasteiger partial charge in [-0.15, -0.1) is 0 Å². The van der Waals surface area contributed by atoms with Crippen LogP contribution in [0.15, 0.2) is 0 Å². The summed E-state index contributed by atoms with van der Waals surface area (Å²) in [6.07, 6.45) is 6.95. The Morgan fingerprint density at radius 3 is 2.72 bits per heavy atom. The van der Waals surface area contributed by atoms with Gasteiger partial charge >= 0.3 is 0 Å². The molecule has 2 rings (SSSR count). The van der Waals surface area contributed by atoms with E-state index in [4.69, 9.17) is 0 Å². The van der Waals surface area contributed by atoms with Crippen molar-refractivity contribution in [2.45, 2.75) is 50.6 Å².